The van der Waals surface area contributed by atoms with Gasteiger partial charge in [-0.05, 0) is 83.5 Å². The fraction of sp³-hybridized carbons (Fsp3) is 0.824. The summed E-state index contributed by atoms with van der Waals surface area (Å²) in [5, 5.41) is 0. The zero-order valence-corrected chi connectivity index (χ0v) is 53.6. The van der Waals surface area contributed by atoms with Gasteiger partial charge in [0.05, 0.1) is 0 Å². The van der Waals surface area contributed by atoms with E-state index in [1.54, 1.807) is 0 Å². The van der Waals surface area contributed by atoms with Crippen LogP contribution in [0.3, 0.4) is 0 Å². The van der Waals surface area contributed by atoms with Crippen LogP contribution in [-0.2, 0) is 28.6 Å². The van der Waals surface area contributed by atoms with Crippen LogP contribution in [0.4, 0.5) is 0 Å². The lowest BCUT2D eigenvalue weighted by Crippen LogP contribution is -2.30. The van der Waals surface area contributed by atoms with Gasteiger partial charge in [-0.1, -0.05) is 332 Å². The molecule has 6 heteroatoms. The lowest BCUT2D eigenvalue weighted by molar-refractivity contribution is -0.167. The molecule has 0 aromatic carbocycles. The molecule has 0 rings (SSSR count). The van der Waals surface area contributed by atoms with Crippen LogP contribution in [-0.4, -0.2) is 37.2 Å². The first-order chi connectivity index (χ1) is 39.5. The molecule has 0 aliphatic heterocycles. The predicted octanol–water partition coefficient (Wildman–Crippen LogP) is 24.3. The summed E-state index contributed by atoms with van der Waals surface area (Å²) in [5.74, 6) is -0.872. The van der Waals surface area contributed by atoms with E-state index < -0.39 is 6.10 Å². The van der Waals surface area contributed by atoms with Gasteiger partial charge in [-0.2, -0.15) is 0 Å². The molecule has 0 saturated carbocycles. The van der Waals surface area contributed by atoms with Crippen LogP contribution < -0.4 is 0 Å². The third kappa shape index (κ3) is 65.9. The fourth-order valence-electron chi connectivity index (χ4n) is 10.5. The molecule has 0 fully saturated rings. The second-order valence-electron chi connectivity index (χ2n) is 23.8. The van der Waals surface area contributed by atoms with Crippen molar-refractivity contribution >= 4 is 17.9 Å². The van der Waals surface area contributed by atoms with Gasteiger partial charge in [0.25, 0.3) is 0 Å². The minimum absolute atomic E-state index is 0.0765. The molecule has 0 spiro atoms. The molecule has 1 atom stereocenters. The molecular formula is C74H134O6. The Hall–Kier alpha value is -2.89. The van der Waals surface area contributed by atoms with Crippen LogP contribution >= 0.6 is 0 Å². The Kier molecular flexibility index (Phi) is 66.1. The van der Waals surface area contributed by atoms with E-state index in [1.165, 1.54) is 238 Å². The summed E-state index contributed by atoms with van der Waals surface area (Å²) in [4.78, 5) is 38.4. The van der Waals surface area contributed by atoms with Crippen molar-refractivity contribution in [2.24, 2.45) is 0 Å². The zero-order valence-electron chi connectivity index (χ0n) is 53.6. The number of esters is 3. The molecule has 0 bridgehead atoms. The summed E-state index contributed by atoms with van der Waals surface area (Å²) in [7, 11) is 0. The molecule has 0 saturated heterocycles. The van der Waals surface area contributed by atoms with Gasteiger partial charge in [0.1, 0.15) is 13.2 Å². The average Bonchev–Trinajstić information content (AvgIpc) is 3.46. The minimum atomic E-state index is -0.782. The highest BCUT2D eigenvalue weighted by Gasteiger charge is 2.19. The highest BCUT2D eigenvalue weighted by atomic mass is 16.6. The fourth-order valence-corrected chi connectivity index (χ4v) is 10.5. The Morgan fingerprint density at radius 2 is 0.487 bits per heavy atom. The van der Waals surface area contributed by atoms with Gasteiger partial charge >= 0.3 is 17.9 Å². The Balaban J connectivity index is 4.22. The highest BCUT2D eigenvalue weighted by molar-refractivity contribution is 5.71. The minimum Gasteiger partial charge on any atom is -0.462 e. The molecule has 0 amide bonds. The predicted molar refractivity (Wildman–Crippen MR) is 348 cm³/mol. The molecule has 0 aliphatic rings. The molecule has 0 radical (unpaired) electrons. The second-order valence-corrected chi connectivity index (χ2v) is 23.8. The molecule has 0 N–H and O–H groups in total. The Morgan fingerprint density at radius 1 is 0.263 bits per heavy atom. The quantitative estimate of drug-likeness (QED) is 0.0261. The molecule has 6 nitrogen and oxygen atoms in total. The zero-order chi connectivity index (χ0) is 57.8. The number of allylic oxidation sites excluding steroid dienone is 10. The van der Waals surface area contributed by atoms with Crippen molar-refractivity contribution in [3.8, 4) is 0 Å². The van der Waals surface area contributed by atoms with E-state index >= 15 is 0 Å². The van der Waals surface area contributed by atoms with Gasteiger partial charge < -0.3 is 14.2 Å². The first-order valence-electron chi connectivity index (χ1n) is 35.3. The summed E-state index contributed by atoms with van der Waals surface area (Å²) < 4.78 is 17.0. The Morgan fingerprint density at radius 3 is 0.787 bits per heavy atom. The summed E-state index contributed by atoms with van der Waals surface area (Å²) in [6.45, 7) is 6.56. The Bertz CT molecular complexity index is 1430. The largest absolute Gasteiger partial charge is 0.462 e. The van der Waals surface area contributed by atoms with Crippen LogP contribution in [0, 0.1) is 0 Å². The van der Waals surface area contributed by atoms with Gasteiger partial charge in [0, 0.05) is 19.3 Å². The smallest absolute Gasteiger partial charge is 0.306 e. The highest BCUT2D eigenvalue weighted by Crippen LogP contribution is 2.18. The van der Waals surface area contributed by atoms with Crippen molar-refractivity contribution in [2.45, 2.75) is 380 Å². The van der Waals surface area contributed by atoms with Crippen molar-refractivity contribution in [2.75, 3.05) is 13.2 Å². The lowest BCUT2D eigenvalue weighted by atomic mass is 10.0. The summed E-state index contributed by atoms with van der Waals surface area (Å²) in [6.07, 6.45) is 88.3. The number of carbonyl (C=O) groups excluding carboxylic acids is 3. The monoisotopic (exact) mass is 1120 g/mol. The van der Waals surface area contributed by atoms with E-state index in [0.29, 0.717) is 19.3 Å². The summed E-state index contributed by atoms with van der Waals surface area (Å²) >= 11 is 0. The standard InChI is InChI=1S/C74H134O6/c1-4-7-10-13-16-19-22-25-27-29-31-33-34-35-36-37-38-39-41-42-44-46-49-52-55-58-61-64-67-73(76)79-70-71(69-78-72(75)66-63-60-57-54-51-48-24-21-18-15-12-9-6-3)80-74(77)68-65-62-59-56-53-50-47-45-43-40-32-30-28-26-23-20-17-14-11-8-5-2/h8,11,17,20-21,24,26,28,32,40,71H,4-7,9-10,12-16,18-19,22-23,25,27,29-31,33-39,41-70H2,1-3H3/b11-8-,20-17-,24-21-,28-26-,40-32-. The van der Waals surface area contributed by atoms with Gasteiger partial charge in [0.2, 0.25) is 0 Å². The maximum absolute atomic E-state index is 12.9. The molecule has 1 unspecified atom stereocenters. The summed E-state index contributed by atoms with van der Waals surface area (Å²) in [6, 6.07) is 0. The maximum atomic E-state index is 12.9. The van der Waals surface area contributed by atoms with Crippen molar-refractivity contribution in [1.82, 2.24) is 0 Å². The van der Waals surface area contributed by atoms with Crippen LogP contribution in [0.1, 0.15) is 374 Å². The molecule has 80 heavy (non-hydrogen) atoms. The molecule has 0 aromatic heterocycles. The molecule has 0 aromatic rings. The normalized spacial score (nSPS) is 12.4. The van der Waals surface area contributed by atoms with E-state index in [2.05, 4.69) is 81.5 Å². The van der Waals surface area contributed by atoms with E-state index in [9.17, 15) is 14.4 Å². The number of carbonyl (C=O) groups is 3. The van der Waals surface area contributed by atoms with Crippen molar-refractivity contribution in [3.05, 3.63) is 60.8 Å². The first kappa shape index (κ1) is 77.1. The van der Waals surface area contributed by atoms with E-state index in [0.717, 1.165) is 96.3 Å². The van der Waals surface area contributed by atoms with E-state index in [4.69, 9.17) is 14.2 Å². The van der Waals surface area contributed by atoms with Crippen LogP contribution in [0.15, 0.2) is 60.8 Å². The molecule has 466 valence electrons. The summed E-state index contributed by atoms with van der Waals surface area (Å²) in [5.41, 5.74) is 0. The number of ether oxygens (including phenoxy) is 3. The second kappa shape index (κ2) is 68.6. The van der Waals surface area contributed by atoms with Gasteiger partial charge in [-0.15, -0.1) is 0 Å². The van der Waals surface area contributed by atoms with Crippen LogP contribution in [0.25, 0.3) is 0 Å². The number of hydrogen-bond acceptors (Lipinski definition) is 6. The first-order valence-corrected chi connectivity index (χ1v) is 35.3. The van der Waals surface area contributed by atoms with Crippen molar-refractivity contribution < 1.29 is 28.6 Å². The average molecular weight is 1120 g/mol. The van der Waals surface area contributed by atoms with Crippen molar-refractivity contribution in [1.29, 1.82) is 0 Å². The number of rotatable bonds is 65. The van der Waals surface area contributed by atoms with Crippen LogP contribution in [0.2, 0.25) is 0 Å². The molecule has 0 heterocycles. The van der Waals surface area contributed by atoms with Gasteiger partial charge in [-0.25, -0.2) is 0 Å². The third-order valence-electron chi connectivity index (χ3n) is 15.8. The Labute approximate surface area is 498 Å². The van der Waals surface area contributed by atoms with Gasteiger partial charge in [-0.3, -0.25) is 14.4 Å². The van der Waals surface area contributed by atoms with E-state index in [1.807, 2.05) is 0 Å². The third-order valence-corrected chi connectivity index (χ3v) is 15.8. The molecular weight excluding hydrogens is 985 g/mol. The molecule has 0 aliphatic carbocycles. The van der Waals surface area contributed by atoms with Crippen molar-refractivity contribution in [3.63, 3.8) is 0 Å². The van der Waals surface area contributed by atoms with Crippen LogP contribution in [0.5, 0.6) is 0 Å². The lowest BCUT2D eigenvalue weighted by Gasteiger charge is -2.18. The van der Waals surface area contributed by atoms with Gasteiger partial charge in [0.15, 0.2) is 6.10 Å². The SMILES string of the molecule is CC/C=C\C/C=C\C/C=C\C/C=C\CCCCCCCCCCC(=O)OC(COC(=O)CCCCCCC/C=C\CCCCCC)COC(=O)CCCCCCCCCCCCCCCCCCCCCCCCCCCCCC. The maximum Gasteiger partial charge on any atom is 0.306 e. The number of hydrogen-bond donors (Lipinski definition) is 0. The number of unbranched alkanes of at least 4 members (excludes halogenated alkanes) is 44. The van der Waals surface area contributed by atoms with E-state index in [-0.39, 0.29) is 31.1 Å². The topological polar surface area (TPSA) is 78.9 Å².